The summed E-state index contributed by atoms with van der Waals surface area (Å²) >= 11 is 5.22. The normalized spacial score (nSPS) is 11.0. The molecule has 2 nitrogen and oxygen atoms in total. The Balaban J connectivity index is 2.00. The van der Waals surface area contributed by atoms with Crippen LogP contribution in [0.3, 0.4) is 0 Å². The van der Waals surface area contributed by atoms with E-state index in [0.29, 0.717) is 6.54 Å². The van der Waals surface area contributed by atoms with E-state index in [9.17, 15) is 5.11 Å². The van der Waals surface area contributed by atoms with Crippen LogP contribution in [-0.2, 0) is 6.54 Å². The van der Waals surface area contributed by atoms with E-state index < -0.39 is 0 Å². The second kappa shape index (κ2) is 6.99. The zero-order chi connectivity index (χ0) is 16.4. The summed E-state index contributed by atoms with van der Waals surface area (Å²) in [7, 11) is 0. The van der Waals surface area contributed by atoms with E-state index in [1.807, 2.05) is 0 Å². The van der Waals surface area contributed by atoms with E-state index in [2.05, 4.69) is 69.2 Å². The lowest BCUT2D eigenvalue weighted by atomic mass is 10.1. The van der Waals surface area contributed by atoms with Crippen molar-refractivity contribution in [1.29, 1.82) is 0 Å². The van der Waals surface area contributed by atoms with Crippen LogP contribution < -0.4 is 4.57 Å². The highest BCUT2D eigenvalue weighted by Crippen LogP contribution is 2.33. The van der Waals surface area contributed by atoms with Crippen LogP contribution in [0.1, 0.15) is 0 Å². The molecule has 0 aliphatic rings. The Bertz CT molecular complexity index is 855. The Kier molecular flexibility index (Phi) is 4.58. The van der Waals surface area contributed by atoms with Gasteiger partial charge >= 0.3 is 0 Å². The maximum Gasteiger partial charge on any atom is 0.223 e. The van der Waals surface area contributed by atoms with Gasteiger partial charge in [-0.25, -0.2) is 0 Å². The highest BCUT2D eigenvalue weighted by Gasteiger charge is 2.23. The van der Waals surface area contributed by atoms with Crippen molar-refractivity contribution in [1.82, 2.24) is 0 Å². The molecule has 0 saturated carbocycles. The van der Waals surface area contributed by atoms with Crippen LogP contribution in [-0.4, -0.2) is 11.7 Å². The number of aliphatic hydroxyl groups is 1. The summed E-state index contributed by atoms with van der Waals surface area (Å²) in [4.78, 5) is 3.71. The monoisotopic (exact) mass is 370 g/mol. The molecule has 0 radical (unpaired) electrons. The van der Waals surface area contributed by atoms with E-state index in [4.69, 9.17) is 0 Å². The molecule has 0 unspecified atom stereocenters. The summed E-state index contributed by atoms with van der Waals surface area (Å²) in [5.41, 5.74) is 3.55. The van der Waals surface area contributed by atoms with Gasteiger partial charge in [0, 0.05) is 22.6 Å². The smallest absolute Gasteiger partial charge is 0.223 e. The lowest BCUT2D eigenvalue weighted by molar-refractivity contribution is -0.676. The van der Waals surface area contributed by atoms with Crippen LogP contribution in [0, 0.1) is 0 Å². The van der Waals surface area contributed by atoms with Gasteiger partial charge in [0.15, 0.2) is 6.54 Å². The SMILES string of the molecule is OCC[n+]1c(-c2cccs2)cc(-c2cccs2)cc1-c1cccs1. The molecule has 24 heavy (non-hydrogen) atoms. The Hall–Kier alpha value is -1.79. The zero-order valence-electron chi connectivity index (χ0n) is 12.9. The fraction of sp³-hybridized carbons (Fsp3) is 0.105. The van der Waals surface area contributed by atoms with E-state index in [1.54, 1.807) is 34.0 Å². The van der Waals surface area contributed by atoms with Crippen molar-refractivity contribution in [3.05, 3.63) is 64.7 Å². The van der Waals surface area contributed by atoms with Crippen molar-refractivity contribution in [2.45, 2.75) is 6.54 Å². The minimum Gasteiger partial charge on any atom is -0.390 e. The third kappa shape index (κ3) is 2.96. The molecule has 120 valence electrons. The maximum atomic E-state index is 9.60. The number of thiophene rings is 3. The van der Waals surface area contributed by atoms with Gasteiger partial charge in [0.2, 0.25) is 11.4 Å². The standard InChI is InChI=1S/C19H16NOS3/c21-8-7-20-15(18-5-2-10-23-18)12-14(17-4-1-9-22-17)13-16(20)19-6-3-11-24-19/h1-6,9-13,21H,7-8H2/q+1. The first kappa shape index (κ1) is 15.7. The van der Waals surface area contributed by atoms with Crippen LogP contribution in [0.2, 0.25) is 0 Å². The molecule has 4 rings (SSSR count). The molecule has 0 spiro atoms. The van der Waals surface area contributed by atoms with Gasteiger partial charge in [0.25, 0.3) is 0 Å². The molecule has 1 N–H and O–H groups in total. The number of nitrogens with zero attached hydrogens (tertiary/aromatic N) is 1. The van der Waals surface area contributed by atoms with Crippen molar-refractivity contribution in [3.63, 3.8) is 0 Å². The number of aromatic nitrogens is 1. The summed E-state index contributed by atoms with van der Waals surface area (Å²) in [5.74, 6) is 0. The molecule has 4 aromatic rings. The lowest BCUT2D eigenvalue weighted by Crippen LogP contribution is -2.40. The predicted molar refractivity (Wildman–Crippen MR) is 104 cm³/mol. The molecular weight excluding hydrogens is 354 g/mol. The van der Waals surface area contributed by atoms with E-state index in [0.717, 1.165) is 11.4 Å². The summed E-state index contributed by atoms with van der Waals surface area (Å²) in [5, 5.41) is 15.9. The third-order valence-electron chi connectivity index (χ3n) is 3.84. The van der Waals surface area contributed by atoms with Crippen LogP contribution in [0.25, 0.3) is 31.6 Å². The van der Waals surface area contributed by atoms with Gasteiger partial charge in [0.05, 0.1) is 9.75 Å². The van der Waals surface area contributed by atoms with Crippen molar-refractivity contribution in [3.8, 4) is 31.6 Å². The highest BCUT2D eigenvalue weighted by atomic mass is 32.1. The molecule has 0 atom stereocenters. The average Bonchev–Trinajstić information content (AvgIpc) is 3.36. The third-order valence-corrected chi connectivity index (χ3v) is 6.55. The number of rotatable bonds is 5. The topological polar surface area (TPSA) is 24.1 Å². The first-order valence-corrected chi connectivity index (χ1v) is 10.3. The van der Waals surface area contributed by atoms with Crippen molar-refractivity contribution in [2.75, 3.05) is 6.61 Å². The Morgan fingerprint density at radius 2 is 1.25 bits per heavy atom. The van der Waals surface area contributed by atoms with Crippen LogP contribution in [0.15, 0.2) is 64.7 Å². The van der Waals surface area contributed by atoms with E-state index in [-0.39, 0.29) is 6.61 Å². The molecule has 0 aliphatic heterocycles. The summed E-state index contributed by atoms with van der Waals surface area (Å²) < 4.78 is 2.23. The second-order valence-electron chi connectivity index (χ2n) is 5.32. The Labute approximate surface area is 152 Å². The van der Waals surface area contributed by atoms with Gasteiger partial charge in [-0.15, -0.1) is 34.0 Å². The number of hydrogen-bond donors (Lipinski definition) is 1. The zero-order valence-corrected chi connectivity index (χ0v) is 15.3. The Morgan fingerprint density at radius 3 is 1.67 bits per heavy atom. The minimum atomic E-state index is 0.125. The molecule has 4 aromatic heterocycles. The first-order valence-electron chi connectivity index (χ1n) is 7.67. The second-order valence-corrected chi connectivity index (χ2v) is 8.16. The number of aliphatic hydroxyl groups excluding tert-OH is 1. The first-order chi connectivity index (χ1) is 11.9. The summed E-state index contributed by atoms with van der Waals surface area (Å²) in [6.45, 7) is 0.713. The highest BCUT2D eigenvalue weighted by molar-refractivity contribution is 7.14. The molecular formula is C19H16NOS3+. The van der Waals surface area contributed by atoms with Gasteiger partial charge in [-0.1, -0.05) is 18.2 Å². The summed E-state index contributed by atoms with van der Waals surface area (Å²) in [6, 6.07) is 17.2. The van der Waals surface area contributed by atoms with Crippen molar-refractivity contribution in [2.24, 2.45) is 0 Å². The molecule has 0 fully saturated rings. The molecule has 0 amide bonds. The largest absolute Gasteiger partial charge is 0.390 e. The fourth-order valence-corrected chi connectivity index (χ4v) is 5.02. The molecule has 4 heterocycles. The quantitative estimate of drug-likeness (QED) is 0.483. The van der Waals surface area contributed by atoms with Crippen LogP contribution in [0.5, 0.6) is 0 Å². The summed E-state index contributed by atoms with van der Waals surface area (Å²) in [6.07, 6.45) is 0. The fourth-order valence-electron chi connectivity index (χ4n) is 2.80. The van der Waals surface area contributed by atoms with Gasteiger partial charge in [-0.2, -0.15) is 4.57 Å². The van der Waals surface area contributed by atoms with Crippen molar-refractivity contribution < 1.29 is 9.67 Å². The number of pyridine rings is 1. The van der Waals surface area contributed by atoms with E-state index >= 15 is 0 Å². The molecule has 0 bridgehead atoms. The van der Waals surface area contributed by atoms with Crippen LogP contribution in [0.4, 0.5) is 0 Å². The molecule has 5 heteroatoms. The van der Waals surface area contributed by atoms with Gasteiger partial charge in [-0.3, -0.25) is 0 Å². The predicted octanol–water partition coefficient (Wildman–Crippen LogP) is 5.15. The van der Waals surface area contributed by atoms with Crippen LogP contribution >= 0.6 is 34.0 Å². The van der Waals surface area contributed by atoms with Gasteiger partial charge < -0.3 is 5.11 Å². The Morgan fingerprint density at radius 1 is 0.750 bits per heavy atom. The van der Waals surface area contributed by atoms with Gasteiger partial charge in [0.1, 0.15) is 6.61 Å². The van der Waals surface area contributed by atoms with Gasteiger partial charge in [-0.05, 0) is 34.3 Å². The maximum absolute atomic E-state index is 9.60. The average molecular weight is 371 g/mol. The number of hydrogen-bond acceptors (Lipinski definition) is 4. The van der Waals surface area contributed by atoms with Crippen molar-refractivity contribution >= 4 is 34.0 Å². The van der Waals surface area contributed by atoms with E-state index in [1.165, 1.54) is 20.2 Å². The lowest BCUT2D eigenvalue weighted by Gasteiger charge is -2.09. The minimum absolute atomic E-state index is 0.125. The molecule has 0 aromatic carbocycles. The molecule has 0 saturated heterocycles. The molecule has 0 aliphatic carbocycles.